The predicted octanol–water partition coefficient (Wildman–Crippen LogP) is 7.01. The van der Waals surface area contributed by atoms with Gasteiger partial charge in [-0.3, -0.25) is 15.0 Å². The number of benzene rings is 2. The molecule has 2 aromatic carbocycles. The molecule has 0 radical (unpaired) electrons. The molecule has 32 heavy (non-hydrogen) atoms. The zero-order chi connectivity index (χ0) is 23.1. The Hall–Kier alpha value is -3.14. The summed E-state index contributed by atoms with van der Waals surface area (Å²) in [7, 11) is 0. The van der Waals surface area contributed by atoms with E-state index in [1.807, 2.05) is 13.8 Å². The number of aliphatic imine (C=N–C) groups is 2. The summed E-state index contributed by atoms with van der Waals surface area (Å²) in [6.45, 7) is 12.7. The fourth-order valence-corrected chi connectivity index (χ4v) is 3.88. The maximum absolute atomic E-state index is 4.98. The van der Waals surface area contributed by atoms with E-state index in [0.717, 1.165) is 59.9 Å². The summed E-state index contributed by atoms with van der Waals surface area (Å²) in [5.41, 5.74) is 10.5. The molecule has 0 saturated carbocycles. The number of rotatable bonds is 8. The molecule has 166 valence electrons. The van der Waals surface area contributed by atoms with E-state index >= 15 is 0 Å². The molecule has 0 saturated heterocycles. The van der Waals surface area contributed by atoms with Crippen LogP contribution in [0.3, 0.4) is 0 Å². The molecule has 0 atom stereocenters. The Morgan fingerprint density at radius 1 is 0.625 bits per heavy atom. The number of hydrogen-bond acceptors (Lipinski definition) is 4. The summed E-state index contributed by atoms with van der Waals surface area (Å²) in [5, 5.41) is 0. The topological polar surface area (TPSA) is 50.5 Å². The van der Waals surface area contributed by atoms with Crippen molar-refractivity contribution < 1.29 is 0 Å². The predicted molar refractivity (Wildman–Crippen MR) is 136 cm³/mol. The molecule has 0 aliphatic rings. The van der Waals surface area contributed by atoms with Crippen molar-refractivity contribution in [1.29, 1.82) is 0 Å². The highest BCUT2D eigenvalue weighted by Gasteiger charge is 2.11. The van der Waals surface area contributed by atoms with Crippen LogP contribution in [0.25, 0.3) is 0 Å². The van der Waals surface area contributed by atoms with Crippen LogP contribution in [0.1, 0.15) is 75.2 Å². The van der Waals surface area contributed by atoms with E-state index in [4.69, 9.17) is 15.0 Å². The zero-order valence-electron chi connectivity index (χ0n) is 20.2. The van der Waals surface area contributed by atoms with Gasteiger partial charge in [-0.2, -0.15) is 0 Å². The van der Waals surface area contributed by atoms with Crippen molar-refractivity contribution >= 4 is 22.8 Å². The second-order valence-electron chi connectivity index (χ2n) is 7.95. The quantitative estimate of drug-likeness (QED) is 0.364. The Bertz CT molecular complexity index is 1010. The summed E-state index contributed by atoms with van der Waals surface area (Å²) in [5.74, 6) is 0. The second-order valence-corrected chi connectivity index (χ2v) is 7.95. The standard InChI is InChI=1S/C28H34N4/c1-7-21-13-11-14-22(8-2)27(21)30-19(5)25-17-29-18-26(32-25)20(6)31-28-23(9-3)15-12-16-24(28)10-4/h11-18H,7-10H2,1-6H3. The van der Waals surface area contributed by atoms with Crippen molar-refractivity contribution in [3.05, 3.63) is 82.4 Å². The van der Waals surface area contributed by atoms with E-state index in [1.165, 1.54) is 22.3 Å². The summed E-state index contributed by atoms with van der Waals surface area (Å²) >= 11 is 0. The van der Waals surface area contributed by atoms with E-state index < -0.39 is 0 Å². The molecule has 0 fully saturated rings. The molecule has 4 nitrogen and oxygen atoms in total. The third-order valence-electron chi connectivity index (χ3n) is 5.86. The fraction of sp³-hybridized carbons (Fsp3) is 0.357. The molecule has 0 aliphatic carbocycles. The lowest BCUT2D eigenvalue weighted by Crippen LogP contribution is -2.07. The highest BCUT2D eigenvalue weighted by Crippen LogP contribution is 2.28. The Labute approximate surface area is 192 Å². The SMILES string of the molecule is CCc1cccc(CC)c1N=C(C)c1cncc(C(C)=Nc2c(CC)cccc2CC)n1. The van der Waals surface area contributed by atoms with Crippen LogP contribution in [0.4, 0.5) is 11.4 Å². The van der Waals surface area contributed by atoms with Crippen molar-refractivity contribution in [2.24, 2.45) is 9.98 Å². The van der Waals surface area contributed by atoms with Gasteiger partial charge >= 0.3 is 0 Å². The van der Waals surface area contributed by atoms with Crippen molar-refractivity contribution in [2.45, 2.75) is 67.2 Å². The number of nitrogens with zero attached hydrogens (tertiary/aromatic N) is 4. The summed E-state index contributed by atoms with van der Waals surface area (Å²) in [6, 6.07) is 12.8. The Morgan fingerprint density at radius 3 is 1.28 bits per heavy atom. The van der Waals surface area contributed by atoms with Crippen LogP contribution in [0.2, 0.25) is 0 Å². The minimum absolute atomic E-state index is 0.782. The van der Waals surface area contributed by atoms with Crippen LogP contribution < -0.4 is 0 Å². The van der Waals surface area contributed by atoms with Gasteiger partial charge in [0.1, 0.15) is 11.4 Å². The van der Waals surface area contributed by atoms with Crippen LogP contribution in [0.5, 0.6) is 0 Å². The first-order chi connectivity index (χ1) is 15.5. The van der Waals surface area contributed by atoms with Gasteiger partial charge in [0.25, 0.3) is 0 Å². The Kier molecular flexibility index (Phi) is 8.04. The van der Waals surface area contributed by atoms with E-state index in [2.05, 4.69) is 69.1 Å². The smallest absolute Gasteiger partial charge is 0.103 e. The molecule has 0 amide bonds. The monoisotopic (exact) mass is 426 g/mol. The summed E-state index contributed by atoms with van der Waals surface area (Å²) < 4.78 is 0. The number of aryl methyl sites for hydroxylation is 4. The fourth-order valence-electron chi connectivity index (χ4n) is 3.88. The van der Waals surface area contributed by atoms with E-state index in [9.17, 15) is 0 Å². The first-order valence-corrected chi connectivity index (χ1v) is 11.7. The lowest BCUT2D eigenvalue weighted by atomic mass is 10.0. The molecule has 0 aliphatic heterocycles. The molecule has 4 heteroatoms. The zero-order valence-corrected chi connectivity index (χ0v) is 20.2. The second kappa shape index (κ2) is 10.9. The Balaban J connectivity index is 2.01. The van der Waals surface area contributed by atoms with Gasteiger partial charge in [0.05, 0.1) is 35.2 Å². The molecular weight excluding hydrogens is 392 g/mol. The van der Waals surface area contributed by atoms with Gasteiger partial charge in [-0.15, -0.1) is 0 Å². The summed E-state index contributed by atoms with van der Waals surface area (Å²) in [6.07, 6.45) is 7.38. The average Bonchev–Trinajstić information content (AvgIpc) is 2.84. The van der Waals surface area contributed by atoms with E-state index in [-0.39, 0.29) is 0 Å². The molecule has 0 unspecified atom stereocenters. The van der Waals surface area contributed by atoms with Crippen molar-refractivity contribution in [3.63, 3.8) is 0 Å². The normalized spacial score (nSPS) is 12.3. The van der Waals surface area contributed by atoms with Crippen LogP contribution >= 0.6 is 0 Å². The maximum Gasteiger partial charge on any atom is 0.103 e. The van der Waals surface area contributed by atoms with Crippen LogP contribution in [-0.2, 0) is 25.7 Å². The van der Waals surface area contributed by atoms with Gasteiger partial charge < -0.3 is 0 Å². The molecule has 1 heterocycles. The van der Waals surface area contributed by atoms with Crippen molar-refractivity contribution in [1.82, 2.24) is 9.97 Å². The van der Waals surface area contributed by atoms with E-state index in [0.29, 0.717) is 0 Å². The largest absolute Gasteiger partial charge is 0.260 e. The van der Waals surface area contributed by atoms with Crippen molar-refractivity contribution in [3.8, 4) is 0 Å². The summed E-state index contributed by atoms with van der Waals surface area (Å²) in [4.78, 5) is 19.3. The van der Waals surface area contributed by atoms with E-state index in [1.54, 1.807) is 12.4 Å². The maximum atomic E-state index is 4.98. The van der Waals surface area contributed by atoms with Crippen LogP contribution in [0, 0.1) is 0 Å². The molecule has 0 bridgehead atoms. The van der Waals surface area contributed by atoms with Crippen LogP contribution in [0.15, 0.2) is 58.8 Å². The third-order valence-corrected chi connectivity index (χ3v) is 5.86. The minimum atomic E-state index is 0.782. The van der Waals surface area contributed by atoms with Gasteiger partial charge in [-0.1, -0.05) is 64.1 Å². The first kappa shape index (κ1) is 23.5. The molecular formula is C28H34N4. The van der Waals surface area contributed by atoms with Gasteiger partial charge in [0, 0.05) is 0 Å². The first-order valence-electron chi connectivity index (χ1n) is 11.7. The van der Waals surface area contributed by atoms with Crippen molar-refractivity contribution in [2.75, 3.05) is 0 Å². The average molecular weight is 427 g/mol. The van der Waals surface area contributed by atoms with Gasteiger partial charge in [-0.05, 0) is 61.8 Å². The van der Waals surface area contributed by atoms with Crippen LogP contribution in [-0.4, -0.2) is 21.4 Å². The molecule has 0 spiro atoms. The van der Waals surface area contributed by atoms with Gasteiger partial charge in [0.15, 0.2) is 0 Å². The third kappa shape index (κ3) is 5.18. The molecule has 1 aromatic heterocycles. The lowest BCUT2D eigenvalue weighted by molar-refractivity contribution is 1.07. The molecule has 0 N–H and O–H groups in total. The highest BCUT2D eigenvalue weighted by molar-refractivity contribution is 6.02. The lowest BCUT2D eigenvalue weighted by Gasteiger charge is -2.11. The number of aromatic nitrogens is 2. The molecule has 3 rings (SSSR count). The highest BCUT2D eigenvalue weighted by atomic mass is 14.9. The van der Waals surface area contributed by atoms with Gasteiger partial charge in [-0.25, -0.2) is 4.98 Å². The molecule has 3 aromatic rings. The Morgan fingerprint density at radius 2 is 0.969 bits per heavy atom. The number of para-hydroxylation sites is 2. The minimum Gasteiger partial charge on any atom is -0.260 e. The number of hydrogen-bond donors (Lipinski definition) is 0. The van der Waals surface area contributed by atoms with Gasteiger partial charge in [0.2, 0.25) is 0 Å².